The molecule has 3 rings (SSSR count). The molecule has 0 aliphatic carbocycles. The lowest BCUT2D eigenvalue weighted by molar-refractivity contribution is -0.150. The SMILES string of the molecule is CCOC(=O)[C@H]1CCCN([C@H]2CC(=O)N(c3ccc(Cl)cc3Cl)C2=O)C1. The summed E-state index contributed by atoms with van der Waals surface area (Å²) in [5, 5.41) is 0.686. The second-order valence-corrected chi connectivity index (χ2v) is 7.31. The van der Waals surface area contributed by atoms with Gasteiger partial charge in [-0.25, -0.2) is 4.90 Å². The molecule has 0 N–H and O–H groups in total. The molecule has 6 nitrogen and oxygen atoms in total. The maximum atomic E-state index is 12.9. The van der Waals surface area contributed by atoms with Crippen LogP contribution in [0.25, 0.3) is 0 Å². The molecule has 0 saturated carbocycles. The van der Waals surface area contributed by atoms with Crippen molar-refractivity contribution in [1.29, 1.82) is 0 Å². The van der Waals surface area contributed by atoms with Crippen molar-refractivity contribution in [2.75, 3.05) is 24.6 Å². The monoisotopic (exact) mass is 398 g/mol. The molecule has 0 bridgehead atoms. The standard InChI is InChI=1S/C18H20Cl2N2O4/c1-2-26-18(25)11-4-3-7-21(10-11)15-9-16(23)22(17(15)24)14-6-5-12(19)8-13(14)20/h5-6,8,11,15H,2-4,7,9-10H2,1H3/t11-,15-/m0/s1. The molecule has 2 aliphatic heterocycles. The Morgan fingerprint density at radius 1 is 1.31 bits per heavy atom. The molecule has 0 aromatic heterocycles. The Morgan fingerprint density at radius 3 is 2.77 bits per heavy atom. The van der Waals surface area contributed by atoms with Crippen molar-refractivity contribution >= 4 is 46.7 Å². The maximum absolute atomic E-state index is 12.9. The summed E-state index contributed by atoms with van der Waals surface area (Å²) in [7, 11) is 0. The van der Waals surface area contributed by atoms with Gasteiger partial charge in [0.2, 0.25) is 5.91 Å². The minimum atomic E-state index is -0.577. The second-order valence-electron chi connectivity index (χ2n) is 6.47. The third kappa shape index (κ3) is 3.72. The molecule has 2 atom stereocenters. The third-order valence-electron chi connectivity index (χ3n) is 4.79. The van der Waals surface area contributed by atoms with E-state index in [9.17, 15) is 14.4 Å². The number of hydrogen-bond donors (Lipinski definition) is 0. The van der Waals surface area contributed by atoms with E-state index in [1.54, 1.807) is 19.1 Å². The van der Waals surface area contributed by atoms with Gasteiger partial charge < -0.3 is 4.74 Å². The smallest absolute Gasteiger partial charge is 0.310 e. The van der Waals surface area contributed by atoms with Crippen molar-refractivity contribution in [3.63, 3.8) is 0 Å². The van der Waals surface area contributed by atoms with Gasteiger partial charge in [-0.15, -0.1) is 0 Å². The number of carbonyl (C=O) groups is 3. The number of esters is 1. The molecular formula is C18H20Cl2N2O4. The number of anilines is 1. The lowest BCUT2D eigenvalue weighted by atomic mass is 9.96. The molecule has 1 aromatic rings. The zero-order valence-electron chi connectivity index (χ0n) is 14.4. The van der Waals surface area contributed by atoms with Crippen molar-refractivity contribution in [2.24, 2.45) is 5.92 Å². The summed E-state index contributed by atoms with van der Waals surface area (Å²) in [5.41, 5.74) is 0.340. The number of carbonyl (C=O) groups excluding carboxylic acids is 3. The number of rotatable bonds is 4. The number of amides is 2. The molecule has 8 heteroatoms. The molecule has 0 unspecified atom stereocenters. The first-order valence-corrected chi connectivity index (χ1v) is 9.40. The highest BCUT2D eigenvalue weighted by Gasteiger charge is 2.45. The Labute approximate surface area is 162 Å². The lowest BCUT2D eigenvalue weighted by Crippen LogP contribution is -2.48. The first-order valence-electron chi connectivity index (χ1n) is 8.65. The van der Waals surface area contributed by atoms with Crippen molar-refractivity contribution in [3.8, 4) is 0 Å². The van der Waals surface area contributed by atoms with Crippen LogP contribution in [0.15, 0.2) is 18.2 Å². The predicted molar refractivity (Wildman–Crippen MR) is 98.3 cm³/mol. The van der Waals surface area contributed by atoms with E-state index in [4.69, 9.17) is 27.9 Å². The molecule has 0 spiro atoms. The highest BCUT2D eigenvalue weighted by Crippen LogP contribution is 2.34. The molecule has 140 valence electrons. The minimum Gasteiger partial charge on any atom is -0.466 e. The Balaban J connectivity index is 1.77. The van der Waals surface area contributed by atoms with E-state index in [0.717, 1.165) is 17.7 Å². The summed E-state index contributed by atoms with van der Waals surface area (Å²) in [6, 6.07) is 4.09. The van der Waals surface area contributed by atoms with E-state index in [2.05, 4.69) is 0 Å². The number of benzene rings is 1. The summed E-state index contributed by atoms with van der Waals surface area (Å²) in [4.78, 5) is 40.5. The number of likely N-dealkylation sites (tertiary alicyclic amines) is 1. The topological polar surface area (TPSA) is 66.9 Å². The van der Waals surface area contributed by atoms with Crippen LogP contribution in [-0.2, 0) is 19.1 Å². The molecular weight excluding hydrogens is 379 g/mol. The normalized spacial score (nSPS) is 24.2. The van der Waals surface area contributed by atoms with E-state index in [-0.39, 0.29) is 35.1 Å². The van der Waals surface area contributed by atoms with Gasteiger partial charge >= 0.3 is 5.97 Å². The third-order valence-corrected chi connectivity index (χ3v) is 5.32. The average molecular weight is 399 g/mol. The quantitative estimate of drug-likeness (QED) is 0.576. The van der Waals surface area contributed by atoms with Crippen LogP contribution in [0.4, 0.5) is 5.69 Å². The number of halogens is 2. The highest BCUT2D eigenvalue weighted by atomic mass is 35.5. The van der Waals surface area contributed by atoms with Crippen LogP contribution in [-0.4, -0.2) is 48.4 Å². The van der Waals surface area contributed by atoms with Gasteiger partial charge in [0.15, 0.2) is 0 Å². The fourth-order valence-electron chi connectivity index (χ4n) is 3.56. The molecule has 1 aromatic carbocycles. The van der Waals surface area contributed by atoms with Gasteiger partial charge in [0, 0.05) is 11.6 Å². The van der Waals surface area contributed by atoms with Gasteiger partial charge in [0.1, 0.15) is 0 Å². The van der Waals surface area contributed by atoms with Gasteiger partial charge in [0.25, 0.3) is 5.91 Å². The van der Waals surface area contributed by atoms with Gasteiger partial charge in [-0.3, -0.25) is 19.3 Å². The Morgan fingerprint density at radius 2 is 2.08 bits per heavy atom. The van der Waals surface area contributed by atoms with Gasteiger partial charge in [-0.1, -0.05) is 23.2 Å². The molecule has 26 heavy (non-hydrogen) atoms. The fraction of sp³-hybridized carbons (Fsp3) is 0.500. The van der Waals surface area contributed by atoms with Crippen LogP contribution in [0, 0.1) is 5.92 Å². The van der Waals surface area contributed by atoms with E-state index < -0.39 is 6.04 Å². The van der Waals surface area contributed by atoms with Crippen molar-refractivity contribution in [3.05, 3.63) is 28.2 Å². The summed E-state index contributed by atoms with van der Waals surface area (Å²) in [5.74, 6) is -1.13. The molecule has 2 fully saturated rings. The number of imide groups is 1. The second kappa shape index (κ2) is 7.94. The maximum Gasteiger partial charge on any atom is 0.310 e. The average Bonchev–Trinajstić information content (AvgIpc) is 2.90. The van der Waals surface area contributed by atoms with Crippen molar-refractivity contribution in [2.45, 2.75) is 32.2 Å². The number of nitrogens with zero attached hydrogens (tertiary/aromatic N) is 2. The molecule has 2 amide bonds. The summed E-state index contributed by atoms with van der Waals surface area (Å²) in [6.45, 7) is 3.19. The zero-order chi connectivity index (χ0) is 18.8. The molecule has 2 aliphatic rings. The Hall–Kier alpha value is -1.63. The van der Waals surface area contributed by atoms with Crippen molar-refractivity contribution in [1.82, 2.24) is 4.90 Å². The van der Waals surface area contributed by atoms with Crippen LogP contribution in [0.3, 0.4) is 0 Å². The van der Waals surface area contributed by atoms with Crippen LogP contribution in [0.5, 0.6) is 0 Å². The fourth-order valence-corrected chi connectivity index (χ4v) is 4.05. The minimum absolute atomic E-state index is 0.0767. The van der Waals surface area contributed by atoms with Crippen LogP contribution < -0.4 is 4.90 Å². The summed E-state index contributed by atoms with van der Waals surface area (Å²) >= 11 is 12.1. The first kappa shape index (κ1) is 19.1. The van der Waals surface area contributed by atoms with Gasteiger partial charge in [0.05, 0.1) is 35.7 Å². The van der Waals surface area contributed by atoms with Gasteiger partial charge in [-0.05, 0) is 44.5 Å². The predicted octanol–water partition coefficient (Wildman–Crippen LogP) is 2.90. The Kier molecular flexibility index (Phi) is 5.85. The van der Waals surface area contributed by atoms with Crippen molar-refractivity contribution < 1.29 is 19.1 Å². The number of piperidine rings is 1. The number of hydrogen-bond acceptors (Lipinski definition) is 5. The van der Waals surface area contributed by atoms with Gasteiger partial charge in [-0.2, -0.15) is 0 Å². The van der Waals surface area contributed by atoms with Crippen LogP contribution in [0.2, 0.25) is 10.0 Å². The van der Waals surface area contributed by atoms with E-state index in [0.29, 0.717) is 30.4 Å². The van der Waals surface area contributed by atoms with E-state index in [1.807, 2.05) is 4.90 Å². The zero-order valence-corrected chi connectivity index (χ0v) is 15.9. The largest absolute Gasteiger partial charge is 0.466 e. The number of ether oxygens (including phenoxy) is 1. The van der Waals surface area contributed by atoms with Crippen LogP contribution in [0.1, 0.15) is 26.2 Å². The highest BCUT2D eigenvalue weighted by molar-refractivity contribution is 6.38. The Bertz CT molecular complexity index is 740. The first-order chi connectivity index (χ1) is 12.4. The summed E-state index contributed by atoms with van der Waals surface area (Å²) in [6.07, 6.45) is 1.59. The molecule has 0 radical (unpaired) electrons. The van der Waals surface area contributed by atoms with Crippen LogP contribution >= 0.6 is 23.2 Å². The van der Waals surface area contributed by atoms with E-state index >= 15 is 0 Å². The molecule has 2 saturated heterocycles. The molecule has 2 heterocycles. The van der Waals surface area contributed by atoms with E-state index in [1.165, 1.54) is 6.07 Å². The lowest BCUT2D eigenvalue weighted by Gasteiger charge is -2.34. The summed E-state index contributed by atoms with van der Waals surface area (Å²) < 4.78 is 5.10.